The zero-order valence-electron chi connectivity index (χ0n) is 16.5. The first kappa shape index (κ1) is 20.4. The van der Waals surface area contributed by atoms with Gasteiger partial charge in [-0.15, -0.1) is 11.3 Å². The lowest BCUT2D eigenvalue weighted by Gasteiger charge is -2.46. The molecule has 0 aromatic carbocycles. The van der Waals surface area contributed by atoms with Gasteiger partial charge >= 0.3 is 5.97 Å². The highest BCUT2D eigenvalue weighted by Gasteiger charge is 2.60. The number of hydrogen-bond acceptors (Lipinski definition) is 7. The number of aliphatic hydroxyl groups is 1. The van der Waals surface area contributed by atoms with Crippen LogP contribution in [0.5, 0.6) is 0 Å². The van der Waals surface area contributed by atoms with E-state index in [4.69, 9.17) is 10.4 Å². The van der Waals surface area contributed by atoms with Crippen LogP contribution >= 0.6 is 23.1 Å². The van der Waals surface area contributed by atoms with Crippen molar-refractivity contribution < 1.29 is 19.8 Å². The lowest BCUT2D eigenvalue weighted by molar-refractivity contribution is -0.163. The predicted octanol–water partition coefficient (Wildman–Crippen LogP) is 2.52. The van der Waals surface area contributed by atoms with Gasteiger partial charge in [0.1, 0.15) is 5.70 Å². The number of nitrogens with one attached hydrogen (secondary N) is 1. The van der Waals surface area contributed by atoms with E-state index >= 15 is 0 Å². The molecule has 2 saturated heterocycles. The number of carbonyl (C=O) groups excluding carboxylic acids is 1. The molecule has 0 radical (unpaired) electrons. The molecule has 0 bridgehead atoms. The molecule has 0 unspecified atom stereocenters. The number of rotatable bonds is 5. The van der Waals surface area contributed by atoms with Crippen molar-refractivity contribution in [2.75, 3.05) is 6.54 Å². The fourth-order valence-corrected chi connectivity index (χ4v) is 6.84. The molecule has 0 saturated carbocycles. The maximum absolute atomic E-state index is 12.4. The molecule has 0 aliphatic carbocycles. The number of aliphatic carboxylic acids is 1. The molecule has 4 rings (SSSR count). The van der Waals surface area contributed by atoms with Gasteiger partial charge in [0, 0.05) is 22.7 Å². The topological polar surface area (TPSA) is 118 Å². The molecule has 1 aromatic heterocycles. The molecule has 4 heterocycles. The van der Waals surface area contributed by atoms with E-state index < -0.39 is 18.0 Å². The fourth-order valence-electron chi connectivity index (χ4n) is 4.70. The largest absolute Gasteiger partial charge is 0.477 e. The van der Waals surface area contributed by atoms with Gasteiger partial charge in [0.25, 0.3) is 0 Å². The van der Waals surface area contributed by atoms with Gasteiger partial charge in [-0.25, -0.2) is 9.78 Å². The Morgan fingerprint density at radius 2 is 2.21 bits per heavy atom. The van der Waals surface area contributed by atoms with Crippen molar-refractivity contribution in [1.82, 2.24) is 14.8 Å². The Hall–Kier alpha value is -1.91. The third kappa shape index (κ3) is 3.17. The second-order valence-electron chi connectivity index (χ2n) is 7.85. The van der Waals surface area contributed by atoms with Gasteiger partial charge in [0.2, 0.25) is 5.91 Å². The maximum atomic E-state index is 12.4. The van der Waals surface area contributed by atoms with E-state index in [1.165, 1.54) is 28.0 Å². The van der Waals surface area contributed by atoms with Gasteiger partial charge in [-0.05, 0) is 26.7 Å². The van der Waals surface area contributed by atoms with Gasteiger partial charge in [-0.2, -0.15) is 0 Å². The number of carboxylic acid groups (broad SMARTS) is 1. The number of likely N-dealkylation sites (tertiary alicyclic amines) is 1. The van der Waals surface area contributed by atoms with Gasteiger partial charge in [-0.3, -0.25) is 10.2 Å². The highest BCUT2D eigenvalue weighted by atomic mass is 32.2. The van der Waals surface area contributed by atoms with E-state index in [0.717, 1.165) is 29.4 Å². The molecule has 1 amide bonds. The summed E-state index contributed by atoms with van der Waals surface area (Å²) in [7, 11) is 0. The van der Waals surface area contributed by atoms with Crippen LogP contribution in [0.1, 0.15) is 45.3 Å². The van der Waals surface area contributed by atoms with Crippen LogP contribution in [-0.4, -0.2) is 61.4 Å². The summed E-state index contributed by atoms with van der Waals surface area (Å²) in [5.41, 5.74) is 0.926. The summed E-state index contributed by atoms with van der Waals surface area (Å²) in [6.45, 7) is 6.11. The minimum absolute atomic E-state index is 0.0176. The van der Waals surface area contributed by atoms with E-state index in [2.05, 4.69) is 0 Å². The number of aliphatic hydroxyl groups excluding tert-OH is 1. The molecule has 29 heavy (non-hydrogen) atoms. The summed E-state index contributed by atoms with van der Waals surface area (Å²) in [6, 6.07) is -0.227. The minimum Gasteiger partial charge on any atom is -0.477 e. The van der Waals surface area contributed by atoms with Crippen molar-refractivity contribution in [3.63, 3.8) is 0 Å². The van der Waals surface area contributed by atoms with E-state index in [1.54, 1.807) is 13.8 Å². The third-order valence-electron chi connectivity index (χ3n) is 6.03. The van der Waals surface area contributed by atoms with Gasteiger partial charge in [0.15, 0.2) is 4.34 Å². The van der Waals surface area contributed by atoms with Crippen LogP contribution in [0.2, 0.25) is 0 Å². The first-order valence-electron chi connectivity index (χ1n) is 9.66. The second kappa shape index (κ2) is 7.41. The van der Waals surface area contributed by atoms with Crippen molar-refractivity contribution in [2.45, 2.75) is 56.1 Å². The number of amidine groups is 1. The van der Waals surface area contributed by atoms with Crippen LogP contribution < -0.4 is 0 Å². The predicted molar refractivity (Wildman–Crippen MR) is 110 cm³/mol. The van der Waals surface area contributed by atoms with Gasteiger partial charge < -0.3 is 20.0 Å². The number of nitrogens with zero attached hydrogens (tertiary/aromatic N) is 3. The molecule has 2 fully saturated rings. The summed E-state index contributed by atoms with van der Waals surface area (Å²) in [4.78, 5) is 33.1. The molecule has 0 spiro atoms. The van der Waals surface area contributed by atoms with E-state index in [0.29, 0.717) is 10.7 Å². The number of carbonyl (C=O) groups is 2. The monoisotopic (exact) mass is 436 g/mol. The first-order valence-corrected chi connectivity index (χ1v) is 11.4. The highest BCUT2D eigenvalue weighted by molar-refractivity contribution is 8.04. The van der Waals surface area contributed by atoms with Gasteiger partial charge in [-0.1, -0.05) is 18.7 Å². The van der Waals surface area contributed by atoms with Crippen LogP contribution in [0, 0.1) is 17.2 Å². The zero-order valence-corrected chi connectivity index (χ0v) is 18.1. The van der Waals surface area contributed by atoms with E-state index in [9.17, 15) is 19.8 Å². The first-order chi connectivity index (χ1) is 13.7. The molecule has 3 aliphatic heterocycles. The molecule has 156 valence electrons. The van der Waals surface area contributed by atoms with Crippen molar-refractivity contribution in [3.05, 3.63) is 21.7 Å². The third-order valence-corrected chi connectivity index (χ3v) is 8.28. The highest BCUT2D eigenvalue weighted by Crippen LogP contribution is 2.52. The normalized spacial score (nSPS) is 29.9. The summed E-state index contributed by atoms with van der Waals surface area (Å²) < 4.78 is 0.735. The summed E-state index contributed by atoms with van der Waals surface area (Å²) >= 11 is 2.77. The second-order valence-corrected chi connectivity index (χ2v) is 10.00. The van der Waals surface area contributed by atoms with Crippen LogP contribution in [-0.2, 0) is 9.59 Å². The lowest BCUT2D eigenvalue weighted by atomic mass is 9.79. The average Bonchev–Trinajstić information content (AvgIpc) is 3.33. The van der Waals surface area contributed by atoms with Crippen molar-refractivity contribution in [3.8, 4) is 0 Å². The Labute approximate surface area is 177 Å². The fraction of sp³-hybridized carbons (Fsp3) is 0.579. The number of β-lactam (4-membered cyclic amide) rings is 1. The molecule has 5 atom stereocenters. The lowest BCUT2D eigenvalue weighted by Crippen LogP contribution is -2.63. The number of amides is 1. The summed E-state index contributed by atoms with van der Waals surface area (Å²) in [5, 5.41) is 29.6. The molecule has 3 aliphatic rings. The zero-order chi connectivity index (χ0) is 21.0. The standard InChI is InChI=1S/C19H24N4O4S2/c1-8-14-13(9(2)24)17(25)23(14)15(18(26)27)16(8)29-19-21-11(7-28-19)12-5-4-6-22(12)10(3)20/h7-9,12-14,20,24H,4-6H2,1-3H3,(H,26,27)/t8-,9-,12-,13-,14-/m1/s1. The number of fused-ring (bicyclic) bond motifs is 1. The molecule has 8 nitrogen and oxygen atoms in total. The van der Waals surface area contributed by atoms with Gasteiger partial charge in [0.05, 0.1) is 35.6 Å². The summed E-state index contributed by atoms with van der Waals surface area (Å²) in [5.74, 6) is -1.67. The maximum Gasteiger partial charge on any atom is 0.353 e. The van der Waals surface area contributed by atoms with Crippen molar-refractivity contribution >= 4 is 40.8 Å². The van der Waals surface area contributed by atoms with Crippen LogP contribution in [0.15, 0.2) is 20.3 Å². The van der Waals surface area contributed by atoms with Crippen LogP contribution in [0.4, 0.5) is 0 Å². The average molecular weight is 437 g/mol. The van der Waals surface area contributed by atoms with Crippen LogP contribution in [0.25, 0.3) is 0 Å². The number of thioether (sulfide) groups is 1. The number of carboxylic acids is 1. The molecule has 3 N–H and O–H groups in total. The van der Waals surface area contributed by atoms with Crippen molar-refractivity contribution in [1.29, 1.82) is 5.41 Å². The molecule has 1 aromatic rings. The quantitative estimate of drug-likeness (QED) is 0.369. The molecule has 10 heteroatoms. The SMILES string of the molecule is CC(=N)N1CCC[C@@H]1c1csc(SC2=C(C(=O)O)N3C(=O)[C@H]([C@@H](C)O)[C@H]3[C@H]2C)n1. The number of thiazole rings is 1. The Morgan fingerprint density at radius 3 is 2.83 bits per heavy atom. The molecular weight excluding hydrogens is 412 g/mol. The smallest absolute Gasteiger partial charge is 0.353 e. The minimum atomic E-state index is -1.13. The Balaban J connectivity index is 1.60. The Bertz CT molecular complexity index is 912. The Kier molecular flexibility index (Phi) is 5.20. The molecular formula is C19H24N4O4S2. The van der Waals surface area contributed by atoms with E-state index in [1.807, 2.05) is 17.2 Å². The summed E-state index contributed by atoms with van der Waals surface area (Å²) in [6.07, 6.45) is 1.16. The number of hydrogen-bond donors (Lipinski definition) is 3. The number of aromatic nitrogens is 1. The Morgan fingerprint density at radius 1 is 1.48 bits per heavy atom. The van der Waals surface area contributed by atoms with Crippen molar-refractivity contribution in [2.24, 2.45) is 11.8 Å². The van der Waals surface area contributed by atoms with E-state index in [-0.39, 0.29) is 29.6 Å². The van der Waals surface area contributed by atoms with Crippen LogP contribution in [0.3, 0.4) is 0 Å².